The van der Waals surface area contributed by atoms with E-state index in [0.29, 0.717) is 5.56 Å². The molecule has 3 aromatic rings. The van der Waals surface area contributed by atoms with Crippen LogP contribution in [0.25, 0.3) is 0 Å². The first-order chi connectivity index (χ1) is 17.6. The van der Waals surface area contributed by atoms with Crippen LogP contribution >= 0.6 is 0 Å². The van der Waals surface area contributed by atoms with E-state index in [1.807, 2.05) is 26.0 Å². The first-order valence-corrected chi connectivity index (χ1v) is 13.3. The maximum atomic E-state index is 13.8. The van der Waals surface area contributed by atoms with Gasteiger partial charge >= 0.3 is 5.97 Å². The first kappa shape index (κ1) is 26.2. The fourth-order valence-corrected chi connectivity index (χ4v) is 5.72. The summed E-state index contributed by atoms with van der Waals surface area (Å²) in [4.78, 5) is 39.6. The molecule has 1 aliphatic rings. The van der Waals surface area contributed by atoms with Crippen molar-refractivity contribution in [3.63, 3.8) is 0 Å². The number of esters is 1. The summed E-state index contributed by atoms with van der Waals surface area (Å²) in [5.74, 6) is -1.68. The lowest BCUT2D eigenvalue weighted by Crippen LogP contribution is -2.45. The van der Waals surface area contributed by atoms with Gasteiger partial charge in [0.15, 0.2) is 0 Å². The highest BCUT2D eigenvalue weighted by Gasteiger charge is 2.47. The van der Waals surface area contributed by atoms with Gasteiger partial charge in [0, 0.05) is 6.54 Å². The fraction of sp³-hybridized carbons (Fsp3) is 0.250. The van der Waals surface area contributed by atoms with E-state index in [0.717, 1.165) is 20.3 Å². The lowest BCUT2D eigenvalue weighted by Gasteiger charge is -2.27. The number of nitrogens with zero attached hydrogens (tertiary/aromatic N) is 2. The number of hydrogen-bond acceptors (Lipinski definition) is 6. The number of sulfonamides is 1. The highest BCUT2D eigenvalue weighted by atomic mass is 32.2. The minimum Gasteiger partial charge on any atom is -0.462 e. The van der Waals surface area contributed by atoms with E-state index >= 15 is 0 Å². The second-order valence-electron chi connectivity index (χ2n) is 8.90. The number of anilines is 1. The number of hydrogen-bond donors (Lipinski definition) is 0. The molecule has 9 heteroatoms. The van der Waals surface area contributed by atoms with Gasteiger partial charge in [-0.2, -0.15) is 4.31 Å². The predicted octanol–water partition coefficient (Wildman–Crippen LogP) is 4.00. The highest BCUT2D eigenvalue weighted by molar-refractivity contribution is 7.89. The van der Waals surface area contributed by atoms with Crippen LogP contribution in [-0.4, -0.2) is 43.2 Å². The normalized spacial score (nSPS) is 15.9. The average molecular weight is 521 g/mol. The molecule has 0 radical (unpaired) electrons. The van der Waals surface area contributed by atoms with Crippen LogP contribution in [0.3, 0.4) is 0 Å². The van der Waals surface area contributed by atoms with Crippen molar-refractivity contribution in [1.82, 2.24) is 4.31 Å². The van der Waals surface area contributed by atoms with E-state index in [4.69, 9.17) is 4.74 Å². The summed E-state index contributed by atoms with van der Waals surface area (Å²) in [6.07, 6.45) is -0.296. The van der Waals surface area contributed by atoms with Crippen LogP contribution in [0.4, 0.5) is 5.69 Å². The zero-order valence-electron chi connectivity index (χ0n) is 20.9. The van der Waals surface area contributed by atoms with Gasteiger partial charge in [-0.15, -0.1) is 0 Å². The minimum atomic E-state index is -4.12. The summed E-state index contributed by atoms with van der Waals surface area (Å²) in [5.41, 5.74) is 3.14. The molecule has 0 N–H and O–H groups in total. The van der Waals surface area contributed by atoms with Gasteiger partial charge in [0.25, 0.3) is 5.91 Å². The van der Waals surface area contributed by atoms with E-state index in [-0.39, 0.29) is 35.7 Å². The number of carbonyl (C=O) groups is 3. The molecule has 8 nitrogen and oxygen atoms in total. The molecule has 0 bridgehead atoms. The van der Waals surface area contributed by atoms with Gasteiger partial charge in [0.05, 0.1) is 29.2 Å². The summed E-state index contributed by atoms with van der Waals surface area (Å²) >= 11 is 0. The topological polar surface area (TPSA) is 101 Å². The maximum absolute atomic E-state index is 13.8. The molecule has 1 fully saturated rings. The van der Waals surface area contributed by atoms with Crippen molar-refractivity contribution in [1.29, 1.82) is 0 Å². The van der Waals surface area contributed by atoms with Crippen molar-refractivity contribution < 1.29 is 27.5 Å². The van der Waals surface area contributed by atoms with Gasteiger partial charge < -0.3 is 4.74 Å². The molecule has 1 aliphatic heterocycles. The smallest absolute Gasteiger partial charge is 0.338 e. The third kappa shape index (κ3) is 5.47. The summed E-state index contributed by atoms with van der Waals surface area (Å²) in [6, 6.07) is 18.4. The van der Waals surface area contributed by atoms with Crippen molar-refractivity contribution in [2.75, 3.05) is 11.5 Å². The fourth-order valence-electron chi connectivity index (χ4n) is 4.15. The first-order valence-electron chi connectivity index (χ1n) is 11.9. The van der Waals surface area contributed by atoms with Gasteiger partial charge in [-0.1, -0.05) is 47.5 Å². The molecular weight excluding hydrogens is 492 g/mol. The molecule has 192 valence electrons. The Morgan fingerprint density at radius 3 is 2.05 bits per heavy atom. The molecule has 2 amide bonds. The van der Waals surface area contributed by atoms with Gasteiger partial charge in [0.1, 0.15) is 6.04 Å². The predicted molar refractivity (Wildman–Crippen MR) is 138 cm³/mol. The molecular formula is C28H28N2O6S. The Morgan fingerprint density at radius 1 is 0.919 bits per heavy atom. The molecule has 1 unspecified atom stereocenters. The molecule has 0 spiro atoms. The highest BCUT2D eigenvalue weighted by Crippen LogP contribution is 2.31. The van der Waals surface area contributed by atoms with Crippen molar-refractivity contribution >= 4 is 33.5 Å². The summed E-state index contributed by atoms with van der Waals surface area (Å²) < 4.78 is 33.6. The van der Waals surface area contributed by atoms with E-state index < -0.39 is 33.8 Å². The lowest BCUT2D eigenvalue weighted by molar-refractivity contribution is -0.122. The van der Waals surface area contributed by atoms with Crippen LogP contribution in [0, 0.1) is 13.8 Å². The summed E-state index contributed by atoms with van der Waals surface area (Å²) in [5, 5.41) is 0. The Kier molecular flexibility index (Phi) is 7.56. The van der Waals surface area contributed by atoms with E-state index in [1.165, 1.54) is 36.4 Å². The Balaban J connectivity index is 1.69. The second kappa shape index (κ2) is 10.7. The zero-order valence-corrected chi connectivity index (χ0v) is 21.7. The monoisotopic (exact) mass is 520 g/mol. The van der Waals surface area contributed by atoms with E-state index in [2.05, 4.69) is 0 Å². The van der Waals surface area contributed by atoms with Crippen molar-refractivity contribution in [2.45, 2.75) is 44.7 Å². The van der Waals surface area contributed by atoms with Crippen LogP contribution in [0.1, 0.15) is 40.4 Å². The Bertz CT molecular complexity index is 1420. The standard InChI is InChI=1S/C28H28N2O6S/c1-4-36-28(33)22-11-13-23(14-12-22)30-26(31)17-25(27(30)32)29(18-21-9-5-19(2)6-10-21)37(34,35)24-15-7-20(3)8-16-24/h5-16,25H,4,17-18H2,1-3H3. The molecule has 3 aromatic carbocycles. The summed E-state index contributed by atoms with van der Waals surface area (Å²) in [6.45, 7) is 5.62. The number of aryl methyl sites for hydroxylation is 2. The molecule has 0 aromatic heterocycles. The van der Waals surface area contributed by atoms with Crippen LogP contribution in [0.15, 0.2) is 77.7 Å². The van der Waals surface area contributed by atoms with Crippen molar-refractivity contribution in [3.8, 4) is 0 Å². The SMILES string of the molecule is CCOC(=O)c1ccc(N2C(=O)CC(N(Cc3ccc(C)cc3)S(=O)(=O)c3ccc(C)cc3)C2=O)cc1. The van der Waals surface area contributed by atoms with Crippen LogP contribution in [0.2, 0.25) is 0 Å². The molecule has 1 heterocycles. The number of ether oxygens (including phenoxy) is 1. The molecule has 37 heavy (non-hydrogen) atoms. The Morgan fingerprint density at radius 2 is 1.49 bits per heavy atom. The van der Waals surface area contributed by atoms with Crippen LogP contribution < -0.4 is 4.90 Å². The van der Waals surface area contributed by atoms with E-state index in [9.17, 15) is 22.8 Å². The van der Waals surface area contributed by atoms with Crippen molar-refractivity contribution in [3.05, 3.63) is 95.1 Å². The molecule has 0 saturated carbocycles. The minimum absolute atomic E-state index is 0.0442. The number of carbonyl (C=O) groups excluding carboxylic acids is 3. The Labute approximate surface area is 216 Å². The number of rotatable bonds is 8. The lowest BCUT2D eigenvalue weighted by atomic mass is 10.1. The number of benzene rings is 3. The van der Waals surface area contributed by atoms with Gasteiger partial charge in [-0.25, -0.2) is 18.1 Å². The maximum Gasteiger partial charge on any atom is 0.338 e. The zero-order chi connectivity index (χ0) is 26.7. The summed E-state index contributed by atoms with van der Waals surface area (Å²) in [7, 11) is -4.12. The molecule has 1 atom stereocenters. The average Bonchev–Trinajstić information content (AvgIpc) is 3.17. The third-order valence-electron chi connectivity index (χ3n) is 6.19. The Hall–Kier alpha value is -3.82. The second-order valence-corrected chi connectivity index (χ2v) is 10.8. The van der Waals surface area contributed by atoms with Crippen LogP contribution in [-0.2, 0) is 30.9 Å². The van der Waals surface area contributed by atoms with Gasteiger partial charge in [-0.3, -0.25) is 9.59 Å². The number of amides is 2. The van der Waals surface area contributed by atoms with Crippen LogP contribution in [0.5, 0.6) is 0 Å². The molecule has 4 rings (SSSR count). The molecule has 1 saturated heterocycles. The van der Waals surface area contributed by atoms with Gasteiger partial charge in [-0.05, 0) is 62.7 Å². The quantitative estimate of drug-likeness (QED) is 0.329. The van der Waals surface area contributed by atoms with E-state index in [1.54, 1.807) is 31.2 Å². The van der Waals surface area contributed by atoms with Gasteiger partial charge in [0.2, 0.25) is 15.9 Å². The number of imide groups is 1. The van der Waals surface area contributed by atoms with Crippen molar-refractivity contribution in [2.24, 2.45) is 0 Å². The third-order valence-corrected chi connectivity index (χ3v) is 8.06. The molecule has 0 aliphatic carbocycles. The largest absolute Gasteiger partial charge is 0.462 e.